The van der Waals surface area contributed by atoms with Crippen molar-refractivity contribution in [3.63, 3.8) is 0 Å². The molecule has 2 saturated heterocycles. The topological polar surface area (TPSA) is 154 Å². The Labute approximate surface area is 170 Å². The van der Waals surface area contributed by atoms with E-state index < -0.39 is 42.0 Å². The first-order valence-electron chi connectivity index (χ1n) is 9.62. The number of likely N-dealkylation sites (tertiary alicyclic amines) is 1. The average molecular weight is 425 g/mol. The molecular formula is C18H36N2O7S. The van der Waals surface area contributed by atoms with E-state index in [9.17, 15) is 25.2 Å². The Morgan fingerprint density at radius 2 is 1.93 bits per heavy atom. The summed E-state index contributed by atoms with van der Waals surface area (Å²) < 4.78 is 5.72. The van der Waals surface area contributed by atoms with E-state index in [1.807, 2.05) is 11.9 Å². The first kappa shape index (κ1) is 25.6. The van der Waals surface area contributed by atoms with Crippen LogP contribution in [-0.4, -0.2) is 105 Å². The lowest BCUT2D eigenvalue weighted by Gasteiger charge is -2.44. The summed E-state index contributed by atoms with van der Waals surface area (Å²) in [4.78, 5) is 14.9. The summed E-state index contributed by atoms with van der Waals surface area (Å²) in [5.41, 5.74) is -0.755. The van der Waals surface area contributed by atoms with E-state index in [1.165, 1.54) is 18.7 Å². The van der Waals surface area contributed by atoms with Crippen LogP contribution in [0, 0.1) is 5.92 Å². The van der Waals surface area contributed by atoms with Crippen LogP contribution in [0.25, 0.3) is 0 Å². The predicted molar refractivity (Wildman–Crippen MR) is 107 cm³/mol. The number of nitrogens with one attached hydrogen (secondary N) is 1. The zero-order valence-corrected chi connectivity index (χ0v) is 17.8. The lowest BCUT2D eigenvalue weighted by atomic mass is 9.92. The Hall–Kier alpha value is -0.460. The third kappa shape index (κ3) is 5.57. The Kier molecular flexibility index (Phi) is 10.1. The van der Waals surface area contributed by atoms with E-state index in [4.69, 9.17) is 4.74 Å². The molecule has 0 unspecified atom stereocenters. The number of hydrogen-bond donors (Lipinski definition) is 5. The number of carbonyl (C=O) groups excluding carboxylic acids is 1. The number of ether oxygens (including phenoxy) is 1. The summed E-state index contributed by atoms with van der Waals surface area (Å²) in [5.74, 6) is 0.245. The van der Waals surface area contributed by atoms with Gasteiger partial charge >= 0.3 is 0 Å². The van der Waals surface area contributed by atoms with E-state index in [0.717, 1.165) is 25.8 Å². The van der Waals surface area contributed by atoms with Crippen LogP contribution in [-0.2, 0) is 9.53 Å². The van der Waals surface area contributed by atoms with Crippen LogP contribution in [0.3, 0.4) is 0 Å². The molecule has 0 aromatic heterocycles. The molecule has 166 valence electrons. The number of aliphatic hydroxyl groups is 4. The molecule has 10 heteroatoms. The van der Waals surface area contributed by atoms with Crippen molar-refractivity contribution < 1.29 is 35.4 Å². The molecule has 28 heavy (non-hydrogen) atoms. The fourth-order valence-electron chi connectivity index (χ4n) is 4.13. The molecule has 0 saturated carbocycles. The molecule has 2 fully saturated rings. The summed E-state index contributed by atoms with van der Waals surface area (Å²) in [6, 6.07) is -1.20. The van der Waals surface area contributed by atoms with Gasteiger partial charge < -0.3 is 36.0 Å². The molecule has 2 aliphatic heterocycles. The minimum absolute atomic E-state index is 0. The number of rotatable bonds is 7. The molecule has 9 nitrogen and oxygen atoms in total. The van der Waals surface area contributed by atoms with E-state index in [-0.39, 0.29) is 17.4 Å². The molecule has 0 bridgehead atoms. The second kappa shape index (κ2) is 11.1. The molecule has 0 radical (unpaired) electrons. The Morgan fingerprint density at radius 3 is 2.46 bits per heavy atom. The zero-order chi connectivity index (χ0) is 20.3. The second-order valence-electron chi connectivity index (χ2n) is 7.80. The van der Waals surface area contributed by atoms with Crippen LogP contribution < -0.4 is 5.32 Å². The van der Waals surface area contributed by atoms with Gasteiger partial charge in [-0.3, -0.25) is 9.69 Å². The van der Waals surface area contributed by atoms with Gasteiger partial charge in [-0.2, -0.15) is 0 Å². The van der Waals surface area contributed by atoms with Crippen molar-refractivity contribution in [2.45, 2.75) is 81.1 Å². The maximum Gasteiger partial charge on any atom is 0.237 e. The highest BCUT2D eigenvalue weighted by Crippen LogP contribution is 2.30. The first-order chi connectivity index (χ1) is 12.7. The van der Waals surface area contributed by atoms with Gasteiger partial charge in [0.15, 0.2) is 0 Å². The van der Waals surface area contributed by atoms with Gasteiger partial charge in [0.05, 0.1) is 18.2 Å². The van der Waals surface area contributed by atoms with Gasteiger partial charge in [-0.1, -0.05) is 13.3 Å². The molecular weight excluding hydrogens is 388 g/mol. The molecule has 2 rings (SSSR count). The van der Waals surface area contributed by atoms with Crippen LogP contribution >= 0.6 is 11.8 Å². The standard InChI is InChI=1S/C18H34N2O6S.H2O/c1-5-6-10-7-11(20(3)8-10)17(25)19-12(9(2)21)16-14(23)13(22)15(24)18(26-16)27-4;/h9-16,18,21-24H,5-8H2,1-4H3,(H,19,25);1H2/t9-,10-,11+,12-,13+,14-,15-,16-,18-;/m1./s1. The number of aliphatic hydroxyl groups excluding tert-OH is 4. The number of nitrogens with zero attached hydrogens (tertiary/aromatic N) is 1. The molecule has 2 aliphatic rings. The minimum atomic E-state index is -1.42. The molecule has 2 heterocycles. The highest BCUT2D eigenvalue weighted by atomic mass is 32.2. The number of likely N-dealkylation sites (N-methyl/N-ethyl adjacent to an activating group) is 1. The van der Waals surface area contributed by atoms with Gasteiger partial charge in [0.2, 0.25) is 5.91 Å². The van der Waals surface area contributed by atoms with Crippen LogP contribution in [0.5, 0.6) is 0 Å². The Morgan fingerprint density at radius 1 is 1.29 bits per heavy atom. The summed E-state index contributed by atoms with van der Waals surface area (Å²) in [6.07, 6.45) is -1.50. The summed E-state index contributed by atoms with van der Waals surface area (Å²) >= 11 is 1.20. The van der Waals surface area contributed by atoms with E-state index in [2.05, 4.69) is 12.2 Å². The average Bonchev–Trinajstić information content (AvgIpc) is 2.99. The largest absolute Gasteiger partial charge is 0.412 e. The third-order valence-electron chi connectivity index (χ3n) is 5.66. The smallest absolute Gasteiger partial charge is 0.237 e. The van der Waals surface area contributed by atoms with Gasteiger partial charge in [-0.25, -0.2) is 0 Å². The minimum Gasteiger partial charge on any atom is -0.412 e. The van der Waals surface area contributed by atoms with Crippen molar-refractivity contribution in [1.29, 1.82) is 0 Å². The number of carbonyl (C=O) groups is 1. The van der Waals surface area contributed by atoms with Crippen LogP contribution in [0.2, 0.25) is 0 Å². The third-order valence-corrected chi connectivity index (χ3v) is 6.51. The van der Waals surface area contributed by atoms with Crippen molar-refractivity contribution in [1.82, 2.24) is 10.2 Å². The van der Waals surface area contributed by atoms with Crippen LogP contribution in [0.15, 0.2) is 0 Å². The van der Waals surface area contributed by atoms with E-state index in [1.54, 1.807) is 6.26 Å². The van der Waals surface area contributed by atoms with Crippen molar-refractivity contribution in [3.05, 3.63) is 0 Å². The summed E-state index contributed by atoms with van der Waals surface area (Å²) in [6.45, 7) is 4.48. The second-order valence-corrected chi connectivity index (χ2v) is 8.73. The van der Waals surface area contributed by atoms with Crippen LogP contribution in [0.4, 0.5) is 0 Å². The predicted octanol–water partition coefficient (Wildman–Crippen LogP) is -1.68. The zero-order valence-electron chi connectivity index (χ0n) is 17.0. The molecule has 0 aromatic rings. The maximum atomic E-state index is 12.8. The highest BCUT2D eigenvalue weighted by Gasteiger charge is 2.48. The maximum absolute atomic E-state index is 12.8. The molecule has 1 amide bonds. The van der Waals surface area contributed by atoms with Crippen LogP contribution in [0.1, 0.15) is 33.1 Å². The molecule has 7 N–H and O–H groups in total. The van der Waals surface area contributed by atoms with Gasteiger partial charge in [-0.05, 0) is 39.0 Å². The quantitative estimate of drug-likeness (QED) is 0.325. The van der Waals surface area contributed by atoms with Crippen molar-refractivity contribution >= 4 is 17.7 Å². The number of hydrogen-bond acceptors (Lipinski definition) is 8. The normalized spacial score (nSPS) is 38.5. The Balaban J connectivity index is 0.00000392. The van der Waals surface area contributed by atoms with Gasteiger partial charge in [0.1, 0.15) is 29.9 Å². The van der Waals surface area contributed by atoms with E-state index >= 15 is 0 Å². The van der Waals surface area contributed by atoms with Crippen molar-refractivity contribution in [2.75, 3.05) is 19.8 Å². The fourth-order valence-corrected chi connectivity index (χ4v) is 4.81. The monoisotopic (exact) mass is 424 g/mol. The summed E-state index contributed by atoms with van der Waals surface area (Å²) in [7, 11) is 1.91. The molecule has 0 aliphatic carbocycles. The molecule has 9 atom stereocenters. The van der Waals surface area contributed by atoms with Gasteiger partial charge in [-0.15, -0.1) is 11.8 Å². The summed E-state index contributed by atoms with van der Waals surface area (Å²) in [5, 5.41) is 43.5. The van der Waals surface area contributed by atoms with Crippen molar-refractivity contribution in [2.24, 2.45) is 5.92 Å². The van der Waals surface area contributed by atoms with Gasteiger partial charge in [0.25, 0.3) is 0 Å². The lowest BCUT2D eigenvalue weighted by molar-refractivity contribution is -0.211. The SMILES string of the molecule is CCC[C@@H]1C[C@@H](C(=O)N[C@@H]([C@H]2O[C@H](SC)[C@H](O)[C@@H](O)[C@H]2O)[C@@H](C)O)N(C)C1.O. The van der Waals surface area contributed by atoms with Crippen molar-refractivity contribution in [3.8, 4) is 0 Å². The first-order valence-corrected chi connectivity index (χ1v) is 10.9. The van der Waals surface area contributed by atoms with E-state index in [0.29, 0.717) is 5.92 Å². The fraction of sp³-hybridized carbons (Fsp3) is 0.944. The Bertz CT molecular complexity index is 497. The molecule has 0 aromatic carbocycles. The number of thioether (sulfide) groups is 1. The molecule has 0 spiro atoms. The van der Waals surface area contributed by atoms with Gasteiger partial charge in [0, 0.05) is 6.54 Å². The lowest BCUT2D eigenvalue weighted by Crippen LogP contribution is -2.65. The highest BCUT2D eigenvalue weighted by molar-refractivity contribution is 7.99. The number of amides is 1.